The van der Waals surface area contributed by atoms with Crippen LogP contribution < -0.4 is 10.7 Å². The normalized spacial score (nSPS) is 9.62. The summed E-state index contributed by atoms with van der Waals surface area (Å²) in [5.74, 6) is 0. The highest BCUT2D eigenvalue weighted by atomic mass is 32.1. The van der Waals surface area contributed by atoms with E-state index in [1.54, 1.807) is 3.97 Å². The number of thiol groups is 1. The molecule has 1 nitrogen and oxygen atoms in total. The first-order chi connectivity index (χ1) is 3.72. The maximum absolute atomic E-state index is 4.05. The van der Waals surface area contributed by atoms with Gasteiger partial charge in [0.15, 0.2) is 0 Å². The van der Waals surface area contributed by atoms with Crippen molar-refractivity contribution in [1.82, 2.24) is 3.97 Å². The topological polar surface area (TPSA) is 4.93 Å². The average molecular weight is 125 g/mol. The molecule has 0 amide bonds. The van der Waals surface area contributed by atoms with E-state index in [1.807, 2.05) is 12.1 Å². The summed E-state index contributed by atoms with van der Waals surface area (Å²) in [6, 6.07) is 3.74. The molecule has 0 aromatic carbocycles. The number of rotatable bonds is 0. The van der Waals surface area contributed by atoms with E-state index in [0.717, 1.165) is 10.7 Å². The van der Waals surface area contributed by atoms with E-state index in [1.165, 1.54) is 0 Å². The minimum Gasteiger partial charge on any atom is -0.288 e. The molecule has 0 saturated heterocycles. The molecule has 0 saturated carbocycles. The van der Waals surface area contributed by atoms with Gasteiger partial charge in [-0.05, 0) is 12.1 Å². The Kier molecular flexibility index (Phi) is 1.18. The molecular weight excluding hydrogens is 118 g/mol. The van der Waals surface area contributed by atoms with Crippen LogP contribution in [0.1, 0.15) is 0 Å². The zero-order chi connectivity index (χ0) is 6.15. The van der Waals surface area contributed by atoms with Crippen LogP contribution in [0.2, 0.25) is 0 Å². The van der Waals surface area contributed by atoms with E-state index in [0.29, 0.717) is 0 Å². The van der Waals surface area contributed by atoms with E-state index in [4.69, 9.17) is 0 Å². The van der Waals surface area contributed by atoms with Crippen molar-refractivity contribution in [2.24, 2.45) is 0 Å². The molecule has 0 aliphatic rings. The fraction of sp³-hybridized carbons (Fsp3) is 0. The van der Waals surface area contributed by atoms with E-state index < -0.39 is 0 Å². The lowest BCUT2D eigenvalue weighted by Gasteiger charge is -1.84. The third-order valence-electron chi connectivity index (χ3n) is 1.01. The van der Waals surface area contributed by atoms with Crippen molar-refractivity contribution in [3.05, 3.63) is 22.8 Å². The van der Waals surface area contributed by atoms with Crippen molar-refractivity contribution in [2.75, 3.05) is 0 Å². The number of aromatic nitrogens is 1. The summed E-state index contributed by atoms with van der Waals surface area (Å²) in [6.45, 7) is 7.38. The molecule has 0 radical (unpaired) electrons. The van der Waals surface area contributed by atoms with Gasteiger partial charge in [-0.25, -0.2) is 0 Å². The minimum atomic E-state index is 0.873. The van der Waals surface area contributed by atoms with Gasteiger partial charge in [-0.2, -0.15) is 0 Å². The Morgan fingerprint density at radius 3 is 1.75 bits per heavy atom. The number of nitrogens with zero attached hydrogens (tertiary/aromatic N) is 1. The van der Waals surface area contributed by atoms with Crippen LogP contribution in [-0.4, -0.2) is 3.97 Å². The van der Waals surface area contributed by atoms with E-state index >= 15 is 0 Å². The van der Waals surface area contributed by atoms with Gasteiger partial charge < -0.3 is 0 Å². The Balaban J connectivity index is 3.66. The Hall–Kier alpha value is -0.630. The molecule has 0 unspecified atom stereocenters. The highest BCUT2D eigenvalue weighted by Gasteiger charge is 1.81. The van der Waals surface area contributed by atoms with Gasteiger partial charge in [0.2, 0.25) is 0 Å². The predicted octanol–water partition coefficient (Wildman–Crippen LogP) is 0.00160. The predicted molar refractivity (Wildman–Crippen MR) is 39.1 cm³/mol. The first-order valence-corrected chi connectivity index (χ1v) is 2.67. The summed E-state index contributed by atoms with van der Waals surface area (Å²) in [4.78, 5) is 0. The summed E-state index contributed by atoms with van der Waals surface area (Å²) >= 11 is 4.05. The van der Waals surface area contributed by atoms with E-state index in [9.17, 15) is 0 Å². The standard InChI is InChI=1S/C6H7NS/c1-5-3-4-6(2)7(5)8/h3-4,8H,1-2H2. The van der Waals surface area contributed by atoms with Crippen LogP contribution in [0.3, 0.4) is 0 Å². The molecule has 2 heteroatoms. The molecule has 0 bridgehead atoms. The average Bonchev–Trinajstić information content (AvgIpc) is 1.98. The fourth-order valence-electron chi connectivity index (χ4n) is 0.518. The quantitative estimate of drug-likeness (QED) is 0.466. The van der Waals surface area contributed by atoms with Gasteiger partial charge in [0.05, 0.1) is 0 Å². The van der Waals surface area contributed by atoms with Crippen LogP contribution >= 0.6 is 12.8 Å². The van der Waals surface area contributed by atoms with Gasteiger partial charge >= 0.3 is 0 Å². The Morgan fingerprint density at radius 2 is 1.62 bits per heavy atom. The van der Waals surface area contributed by atoms with Gasteiger partial charge in [-0.1, -0.05) is 26.0 Å². The number of hydrogen-bond donors (Lipinski definition) is 1. The molecule has 1 rings (SSSR count). The Bertz CT molecular complexity index is 246. The highest BCUT2D eigenvalue weighted by molar-refractivity contribution is 7.78. The summed E-state index contributed by atoms with van der Waals surface area (Å²) in [6.07, 6.45) is 0. The van der Waals surface area contributed by atoms with Crippen molar-refractivity contribution in [3.63, 3.8) is 0 Å². The summed E-state index contributed by atoms with van der Waals surface area (Å²) < 4.78 is 1.64. The van der Waals surface area contributed by atoms with Gasteiger partial charge in [0, 0.05) is 10.7 Å². The Labute approximate surface area is 53.5 Å². The van der Waals surface area contributed by atoms with Gasteiger partial charge in [0.1, 0.15) is 0 Å². The maximum atomic E-state index is 4.05. The smallest absolute Gasteiger partial charge is 0.0451 e. The van der Waals surface area contributed by atoms with Crippen molar-refractivity contribution < 1.29 is 0 Å². The molecule has 1 heterocycles. The lowest BCUT2D eigenvalue weighted by atomic mass is 10.6. The molecule has 0 N–H and O–H groups in total. The van der Waals surface area contributed by atoms with Crippen molar-refractivity contribution in [3.8, 4) is 0 Å². The lowest BCUT2D eigenvalue weighted by Crippen LogP contribution is -2.15. The zero-order valence-corrected chi connectivity index (χ0v) is 5.36. The monoisotopic (exact) mass is 125 g/mol. The molecule has 0 fully saturated rings. The molecule has 0 aliphatic heterocycles. The molecule has 0 spiro atoms. The lowest BCUT2D eigenvalue weighted by molar-refractivity contribution is 1.19. The van der Waals surface area contributed by atoms with Crippen LogP contribution in [-0.2, 0) is 0 Å². The minimum absolute atomic E-state index is 0.873. The summed E-state index contributed by atoms with van der Waals surface area (Å²) in [5.41, 5.74) is 0. The second-order valence-electron chi connectivity index (χ2n) is 1.63. The molecule has 42 valence electrons. The highest BCUT2D eigenvalue weighted by Crippen LogP contribution is 1.70. The van der Waals surface area contributed by atoms with Crippen LogP contribution in [0.5, 0.6) is 0 Å². The van der Waals surface area contributed by atoms with Crippen molar-refractivity contribution in [2.45, 2.75) is 0 Å². The first kappa shape index (κ1) is 5.51. The molecule has 0 aliphatic carbocycles. The fourth-order valence-corrected chi connectivity index (χ4v) is 0.651. The molecule has 0 atom stereocenters. The SMILES string of the molecule is C=c1ccc(=C)n1S. The third kappa shape index (κ3) is 0.670. The van der Waals surface area contributed by atoms with Crippen molar-refractivity contribution in [1.29, 1.82) is 0 Å². The third-order valence-corrected chi connectivity index (χ3v) is 1.53. The number of hydrogen-bond acceptors (Lipinski definition) is 1. The first-order valence-electron chi connectivity index (χ1n) is 2.27. The molecule has 1 aromatic rings. The van der Waals surface area contributed by atoms with Gasteiger partial charge in [-0.15, -0.1) is 0 Å². The van der Waals surface area contributed by atoms with Gasteiger partial charge in [0.25, 0.3) is 0 Å². The van der Waals surface area contributed by atoms with Crippen LogP contribution in [0.15, 0.2) is 12.1 Å². The zero-order valence-electron chi connectivity index (χ0n) is 4.46. The maximum Gasteiger partial charge on any atom is 0.0451 e. The molecular formula is C6H7NS. The van der Waals surface area contributed by atoms with Crippen LogP contribution in [0.25, 0.3) is 13.2 Å². The van der Waals surface area contributed by atoms with Crippen molar-refractivity contribution >= 4 is 26.0 Å². The second-order valence-corrected chi connectivity index (χ2v) is 2.03. The van der Waals surface area contributed by atoms with Crippen LogP contribution in [0.4, 0.5) is 0 Å². The Morgan fingerprint density at radius 1 is 1.25 bits per heavy atom. The van der Waals surface area contributed by atoms with Crippen LogP contribution in [0, 0.1) is 0 Å². The largest absolute Gasteiger partial charge is 0.288 e. The molecule has 1 aromatic heterocycles. The second kappa shape index (κ2) is 1.71. The summed E-state index contributed by atoms with van der Waals surface area (Å²) in [7, 11) is 0. The van der Waals surface area contributed by atoms with E-state index in [-0.39, 0.29) is 0 Å². The molecule has 8 heavy (non-hydrogen) atoms. The summed E-state index contributed by atoms with van der Waals surface area (Å²) in [5, 5.41) is 1.75. The van der Waals surface area contributed by atoms with Gasteiger partial charge in [-0.3, -0.25) is 3.97 Å². The van der Waals surface area contributed by atoms with E-state index in [2.05, 4.69) is 26.0 Å².